The van der Waals surface area contributed by atoms with Crippen molar-refractivity contribution in [2.75, 3.05) is 30.4 Å². The Labute approximate surface area is 122 Å². The minimum absolute atomic E-state index is 0.509. The molecule has 20 heavy (non-hydrogen) atoms. The molecule has 110 valence electrons. The third-order valence-corrected chi connectivity index (χ3v) is 2.89. The van der Waals surface area contributed by atoms with Gasteiger partial charge in [-0.2, -0.15) is 5.26 Å². The van der Waals surface area contributed by atoms with Crippen LogP contribution in [0.25, 0.3) is 0 Å². The average molecular weight is 275 g/mol. The second kappa shape index (κ2) is 8.36. The number of nitrogens with zero attached hydrogens (tertiary/aromatic N) is 4. The lowest BCUT2D eigenvalue weighted by molar-refractivity contribution is 0.606. The zero-order chi connectivity index (χ0) is 15.0. The summed E-state index contributed by atoms with van der Waals surface area (Å²) in [4.78, 5) is 11.3. The van der Waals surface area contributed by atoms with Crippen molar-refractivity contribution in [1.29, 1.82) is 5.26 Å². The minimum Gasteiger partial charge on any atom is -0.373 e. The van der Waals surface area contributed by atoms with Crippen molar-refractivity contribution in [3.8, 4) is 6.07 Å². The van der Waals surface area contributed by atoms with Gasteiger partial charge in [0.2, 0.25) is 0 Å². The van der Waals surface area contributed by atoms with Crippen LogP contribution in [0.5, 0.6) is 0 Å². The van der Waals surface area contributed by atoms with Crippen LogP contribution in [-0.2, 0) is 6.42 Å². The standard InChI is InChI=1S/C15H25N5/c1-5-7-13-18-14(17-4)10-15(19-13)20(9-6-8-16)11-12(2)3/h10,12H,5-7,9,11H2,1-4H3,(H,17,18,19). The van der Waals surface area contributed by atoms with Crippen LogP contribution in [0.4, 0.5) is 11.6 Å². The Bertz CT molecular complexity index is 450. The number of nitrogens with one attached hydrogen (secondary N) is 1. The molecule has 1 aromatic heterocycles. The van der Waals surface area contributed by atoms with Gasteiger partial charge in [-0.05, 0) is 12.3 Å². The SMILES string of the molecule is CCCc1nc(NC)cc(N(CCC#N)CC(C)C)n1. The molecule has 0 aromatic carbocycles. The van der Waals surface area contributed by atoms with Crippen molar-refractivity contribution in [2.24, 2.45) is 5.92 Å². The molecule has 0 aliphatic carbocycles. The summed E-state index contributed by atoms with van der Waals surface area (Å²) in [6, 6.07) is 4.17. The molecular formula is C15H25N5. The van der Waals surface area contributed by atoms with Crippen LogP contribution in [-0.4, -0.2) is 30.1 Å². The van der Waals surface area contributed by atoms with Crippen LogP contribution in [0.3, 0.4) is 0 Å². The molecule has 0 bridgehead atoms. The molecule has 0 aliphatic rings. The van der Waals surface area contributed by atoms with E-state index in [2.05, 4.69) is 47.0 Å². The van der Waals surface area contributed by atoms with Crippen molar-refractivity contribution >= 4 is 11.6 Å². The summed E-state index contributed by atoms with van der Waals surface area (Å²) < 4.78 is 0. The maximum atomic E-state index is 8.81. The molecule has 0 spiro atoms. The molecule has 1 heterocycles. The second-order valence-corrected chi connectivity index (χ2v) is 5.28. The zero-order valence-corrected chi connectivity index (χ0v) is 13.0. The van der Waals surface area contributed by atoms with Crippen molar-refractivity contribution in [3.63, 3.8) is 0 Å². The molecular weight excluding hydrogens is 250 g/mol. The number of anilines is 2. The summed E-state index contributed by atoms with van der Waals surface area (Å²) >= 11 is 0. The van der Waals surface area contributed by atoms with E-state index in [0.29, 0.717) is 18.9 Å². The van der Waals surface area contributed by atoms with Crippen molar-refractivity contribution in [2.45, 2.75) is 40.0 Å². The van der Waals surface area contributed by atoms with Crippen molar-refractivity contribution in [3.05, 3.63) is 11.9 Å². The summed E-state index contributed by atoms with van der Waals surface area (Å²) in [6.45, 7) is 8.07. The van der Waals surface area contributed by atoms with Gasteiger partial charge in [0, 0.05) is 32.6 Å². The molecule has 0 unspecified atom stereocenters. The lowest BCUT2D eigenvalue weighted by Crippen LogP contribution is -2.30. The largest absolute Gasteiger partial charge is 0.373 e. The Balaban J connectivity index is 3.03. The summed E-state index contributed by atoms with van der Waals surface area (Å²) in [5, 5.41) is 11.9. The summed E-state index contributed by atoms with van der Waals surface area (Å²) in [5.41, 5.74) is 0. The minimum atomic E-state index is 0.509. The molecule has 0 fully saturated rings. The van der Waals surface area contributed by atoms with E-state index < -0.39 is 0 Å². The maximum Gasteiger partial charge on any atom is 0.134 e. The van der Waals surface area contributed by atoms with E-state index in [1.165, 1.54) is 0 Å². The number of aryl methyl sites for hydroxylation is 1. The van der Waals surface area contributed by atoms with Crippen LogP contribution in [0.1, 0.15) is 39.4 Å². The normalized spacial score (nSPS) is 10.4. The van der Waals surface area contributed by atoms with Gasteiger partial charge in [-0.25, -0.2) is 9.97 Å². The Morgan fingerprint density at radius 1 is 1.40 bits per heavy atom. The van der Waals surface area contributed by atoms with Crippen LogP contribution in [0.2, 0.25) is 0 Å². The van der Waals surface area contributed by atoms with E-state index in [4.69, 9.17) is 5.26 Å². The third kappa shape index (κ3) is 5.04. The van der Waals surface area contributed by atoms with Gasteiger partial charge in [0.15, 0.2) is 0 Å². The van der Waals surface area contributed by atoms with E-state index in [1.807, 2.05) is 13.1 Å². The molecule has 1 N–H and O–H groups in total. The number of rotatable bonds is 8. The number of aromatic nitrogens is 2. The van der Waals surface area contributed by atoms with E-state index >= 15 is 0 Å². The molecule has 0 saturated heterocycles. The van der Waals surface area contributed by atoms with Crippen LogP contribution >= 0.6 is 0 Å². The van der Waals surface area contributed by atoms with Gasteiger partial charge in [0.25, 0.3) is 0 Å². The lowest BCUT2D eigenvalue weighted by atomic mass is 10.2. The highest BCUT2D eigenvalue weighted by Crippen LogP contribution is 2.18. The van der Waals surface area contributed by atoms with Crippen LogP contribution in [0, 0.1) is 17.2 Å². The van der Waals surface area contributed by atoms with E-state index in [9.17, 15) is 0 Å². The molecule has 1 rings (SSSR count). The Hall–Kier alpha value is -1.83. The number of nitriles is 1. The average Bonchev–Trinajstić information content (AvgIpc) is 2.43. The summed E-state index contributed by atoms with van der Waals surface area (Å²) in [5.74, 6) is 3.14. The number of hydrogen-bond acceptors (Lipinski definition) is 5. The van der Waals surface area contributed by atoms with Gasteiger partial charge in [-0.3, -0.25) is 0 Å². The van der Waals surface area contributed by atoms with E-state index in [1.54, 1.807) is 0 Å². The first kappa shape index (κ1) is 16.2. The van der Waals surface area contributed by atoms with Crippen molar-refractivity contribution in [1.82, 2.24) is 9.97 Å². The van der Waals surface area contributed by atoms with Gasteiger partial charge in [-0.1, -0.05) is 20.8 Å². The van der Waals surface area contributed by atoms with Crippen LogP contribution < -0.4 is 10.2 Å². The Kier molecular flexibility index (Phi) is 6.78. The molecule has 5 heteroatoms. The van der Waals surface area contributed by atoms with Crippen LogP contribution in [0.15, 0.2) is 6.07 Å². The topological polar surface area (TPSA) is 64.8 Å². The molecule has 5 nitrogen and oxygen atoms in total. The molecule has 0 atom stereocenters. The summed E-state index contributed by atoms with van der Waals surface area (Å²) in [6.07, 6.45) is 2.40. The van der Waals surface area contributed by atoms with E-state index in [-0.39, 0.29) is 0 Å². The Morgan fingerprint density at radius 2 is 2.15 bits per heavy atom. The van der Waals surface area contributed by atoms with Gasteiger partial charge >= 0.3 is 0 Å². The first-order valence-electron chi connectivity index (χ1n) is 7.28. The highest BCUT2D eigenvalue weighted by molar-refractivity contribution is 5.49. The molecule has 0 aliphatic heterocycles. The maximum absolute atomic E-state index is 8.81. The fourth-order valence-electron chi connectivity index (χ4n) is 2.03. The molecule has 0 saturated carbocycles. The molecule has 0 amide bonds. The quantitative estimate of drug-likeness (QED) is 0.790. The Morgan fingerprint density at radius 3 is 2.70 bits per heavy atom. The first-order valence-corrected chi connectivity index (χ1v) is 7.28. The van der Waals surface area contributed by atoms with Gasteiger partial charge in [0.05, 0.1) is 12.5 Å². The van der Waals surface area contributed by atoms with Gasteiger partial charge in [0.1, 0.15) is 17.5 Å². The summed E-state index contributed by atoms with van der Waals surface area (Å²) in [7, 11) is 1.86. The lowest BCUT2D eigenvalue weighted by Gasteiger charge is -2.25. The predicted molar refractivity (Wildman–Crippen MR) is 82.9 cm³/mol. The third-order valence-electron chi connectivity index (χ3n) is 2.89. The highest BCUT2D eigenvalue weighted by atomic mass is 15.2. The molecule has 1 aromatic rings. The van der Waals surface area contributed by atoms with Gasteiger partial charge < -0.3 is 10.2 Å². The highest BCUT2D eigenvalue weighted by Gasteiger charge is 2.12. The fourth-order valence-corrected chi connectivity index (χ4v) is 2.03. The zero-order valence-electron chi connectivity index (χ0n) is 13.0. The van der Waals surface area contributed by atoms with Gasteiger partial charge in [-0.15, -0.1) is 0 Å². The van der Waals surface area contributed by atoms with E-state index in [0.717, 1.165) is 36.8 Å². The fraction of sp³-hybridized carbons (Fsp3) is 0.667. The smallest absolute Gasteiger partial charge is 0.134 e. The molecule has 0 radical (unpaired) electrons. The van der Waals surface area contributed by atoms with Crippen molar-refractivity contribution < 1.29 is 0 Å². The first-order chi connectivity index (χ1) is 9.60. The predicted octanol–water partition coefficient (Wildman–Crippen LogP) is 2.85. The monoisotopic (exact) mass is 275 g/mol. The number of hydrogen-bond donors (Lipinski definition) is 1. The second-order valence-electron chi connectivity index (χ2n) is 5.28.